The van der Waals surface area contributed by atoms with Crippen LogP contribution in [0.3, 0.4) is 0 Å². The first-order valence-electron chi connectivity index (χ1n) is 11.7. The summed E-state index contributed by atoms with van der Waals surface area (Å²) in [5.41, 5.74) is 3.46. The molecule has 0 unspecified atom stereocenters. The van der Waals surface area contributed by atoms with E-state index in [9.17, 15) is 9.59 Å². The zero-order valence-corrected chi connectivity index (χ0v) is 20.7. The van der Waals surface area contributed by atoms with E-state index in [0.717, 1.165) is 10.6 Å². The highest BCUT2D eigenvalue weighted by Gasteiger charge is 2.39. The molecule has 0 radical (unpaired) electrons. The summed E-state index contributed by atoms with van der Waals surface area (Å²) in [5.74, 6) is -0.838. The Bertz CT molecular complexity index is 1490. The van der Waals surface area contributed by atoms with E-state index in [1.165, 1.54) is 0 Å². The normalized spacial score (nSPS) is 12.5. The van der Waals surface area contributed by atoms with Crippen LogP contribution >= 0.6 is 11.6 Å². The van der Waals surface area contributed by atoms with Gasteiger partial charge in [-0.15, -0.1) is 0 Å². The van der Waals surface area contributed by atoms with Crippen LogP contribution in [0.15, 0.2) is 79.1 Å². The molecule has 2 aromatic carbocycles. The van der Waals surface area contributed by atoms with Gasteiger partial charge in [0.15, 0.2) is 11.4 Å². The van der Waals surface area contributed by atoms with E-state index >= 15 is 0 Å². The number of hydrogen-bond donors (Lipinski definition) is 2. The number of benzene rings is 2. The van der Waals surface area contributed by atoms with E-state index in [-0.39, 0.29) is 17.0 Å². The maximum atomic E-state index is 13.1. The number of halogens is 1. The number of rotatable bonds is 7. The van der Waals surface area contributed by atoms with Crippen molar-refractivity contribution in [3.05, 3.63) is 107 Å². The predicted molar refractivity (Wildman–Crippen MR) is 139 cm³/mol. The van der Waals surface area contributed by atoms with Crippen LogP contribution in [0.4, 0.5) is 5.69 Å². The van der Waals surface area contributed by atoms with Gasteiger partial charge in [0.05, 0.1) is 41.1 Å². The number of amidine groups is 1. The van der Waals surface area contributed by atoms with Crippen LogP contribution in [0.5, 0.6) is 5.75 Å². The van der Waals surface area contributed by atoms with E-state index in [1.54, 1.807) is 66.2 Å². The number of amides is 2. The molecule has 3 N–H and O–H groups in total. The van der Waals surface area contributed by atoms with Gasteiger partial charge >= 0.3 is 0 Å². The van der Waals surface area contributed by atoms with Gasteiger partial charge in [-0.2, -0.15) is 0 Å². The topological polar surface area (TPSA) is 113 Å². The van der Waals surface area contributed by atoms with Gasteiger partial charge in [0, 0.05) is 30.1 Å². The number of carbonyl (C=O) groups excluding carboxylic acids is 2. The molecule has 0 fully saturated rings. The molecule has 2 amide bonds. The minimum Gasteiger partial charge on any atom is -0.487 e. The SMILES string of the molecule is C[NH2+]c1c(OCCc2ccccn2)cc(-c2ncccc2Cl)cc1C(=N)N1C(=O)c2ccccc2C1=O. The Kier molecular flexibility index (Phi) is 6.76. The molecule has 3 heterocycles. The van der Waals surface area contributed by atoms with Crippen molar-refractivity contribution in [2.24, 2.45) is 0 Å². The number of imide groups is 1. The molecule has 9 heteroatoms. The molecular formula is C28H23ClN5O3+. The molecule has 0 spiro atoms. The Balaban J connectivity index is 1.57. The number of nitrogens with two attached hydrogens (primary N) is 1. The number of nitrogens with zero attached hydrogens (tertiary/aromatic N) is 3. The number of pyridine rings is 2. The number of aromatic nitrogens is 2. The zero-order chi connectivity index (χ0) is 25.9. The summed E-state index contributed by atoms with van der Waals surface area (Å²) >= 11 is 6.44. The number of nitrogens with one attached hydrogen (secondary N) is 1. The summed E-state index contributed by atoms with van der Waals surface area (Å²) in [6, 6.07) is 19.2. The van der Waals surface area contributed by atoms with E-state index in [4.69, 9.17) is 21.7 Å². The smallest absolute Gasteiger partial charge is 0.267 e. The van der Waals surface area contributed by atoms with Crippen molar-refractivity contribution >= 4 is 34.9 Å². The third kappa shape index (κ3) is 4.60. The molecular weight excluding hydrogens is 490 g/mol. The Labute approximate surface area is 218 Å². The first kappa shape index (κ1) is 24.3. The van der Waals surface area contributed by atoms with E-state index in [1.807, 2.05) is 25.2 Å². The van der Waals surface area contributed by atoms with Gasteiger partial charge in [-0.3, -0.25) is 25.0 Å². The van der Waals surface area contributed by atoms with E-state index in [0.29, 0.717) is 46.3 Å². The molecule has 1 aliphatic rings. The highest BCUT2D eigenvalue weighted by atomic mass is 35.5. The molecule has 2 aromatic heterocycles. The fourth-order valence-corrected chi connectivity index (χ4v) is 4.53. The van der Waals surface area contributed by atoms with Crippen LogP contribution < -0.4 is 10.1 Å². The zero-order valence-electron chi connectivity index (χ0n) is 19.9. The molecule has 1 aliphatic heterocycles. The second kappa shape index (κ2) is 10.3. The molecule has 8 nitrogen and oxygen atoms in total. The fourth-order valence-electron chi connectivity index (χ4n) is 4.30. The van der Waals surface area contributed by atoms with Gasteiger partial charge in [0.25, 0.3) is 11.8 Å². The average Bonchev–Trinajstić information content (AvgIpc) is 3.18. The molecule has 37 heavy (non-hydrogen) atoms. The summed E-state index contributed by atoms with van der Waals surface area (Å²) < 4.78 is 6.18. The minimum atomic E-state index is -0.536. The lowest BCUT2D eigenvalue weighted by Gasteiger charge is -2.19. The summed E-state index contributed by atoms with van der Waals surface area (Å²) in [5, 5.41) is 11.2. The number of hydrogen-bond acceptors (Lipinski definition) is 6. The van der Waals surface area contributed by atoms with Crippen LogP contribution in [-0.4, -0.2) is 46.2 Å². The number of carbonyl (C=O) groups is 2. The van der Waals surface area contributed by atoms with Crippen molar-refractivity contribution in [2.45, 2.75) is 6.42 Å². The average molecular weight is 513 g/mol. The Hall–Kier alpha value is -4.40. The highest BCUT2D eigenvalue weighted by Crippen LogP contribution is 2.36. The molecule has 0 saturated heterocycles. The van der Waals surface area contributed by atoms with Crippen LogP contribution in [-0.2, 0) is 6.42 Å². The summed E-state index contributed by atoms with van der Waals surface area (Å²) in [7, 11) is 1.81. The van der Waals surface area contributed by atoms with E-state index < -0.39 is 11.8 Å². The first-order chi connectivity index (χ1) is 18.0. The van der Waals surface area contributed by atoms with Gasteiger partial charge in [-0.25, -0.2) is 4.90 Å². The summed E-state index contributed by atoms with van der Waals surface area (Å²) in [4.78, 5) is 35.9. The van der Waals surface area contributed by atoms with Crippen molar-refractivity contribution in [1.29, 1.82) is 5.41 Å². The predicted octanol–water partition coefficient (Wildman–Crippen LogP) is 3.86. The van der Waals surface area contributed by atoms with Crippen molar-refractivity contribution in [2.75, 3.05) is 13.7 Å². The van der Waals surface area contributed by atoms with Crippen molar-refractivity contribution in [3.8, 4) is 17.0 Å². The fraction of sp³-hybridized carbons (Fsp3) is 0.107. The van der Waals surface area contributed by atoms with Gasteiger partial charge in [-0.1, -0.05) is 29.8 Å². The van der Waals surface area contributed by atoms with Crippen LogP contribution in [0.1, 0.15) is 32.0 Å². The van der Waals surface area contributed by atoms with Crippen LogP contribution in [0, 0.1) is 5.41 Å². The molecule has 5 rings (SSSR count). The maximum absolute atomic E-state index is 13.1. The third-order valence-corrected chi connectivity index (χ3v) is 6.38. The van der Waals surface area contributed by atoms with Gasteiger partial charge in [-0.05, 0) is 48.5 Å². The maximum Gasteiger partial charge on any atom is 0.267 e. The monoisotopic (exact) mass is 512 g/mol. The lowest BCUT2D eigenvalue weighted by Crippen LogP contribution is -2.73. The van der Waals surface area contributed by atoms with Crippen molar-refractivity contribution in [1.82, 2.24) is 14.9 Å². The lowest BCUT2D eigenvalue weighted by atomic mass is 10.0. The quantitative estimate of drug-likeness (QED) is 0.169. The number of quaternary nitrogens is 1. The van der Waals surface area contributed by atoms with Gasteiger partial charge in [0.1, 0.15) is 5.84 Å². The van der Waals surface area contributed by atoms with Crippen molar-refractivity contribution in [3.63, 3.8) is 0 Å². The molecule has 0 aliphatic carbocycles. The highest BCUT2D eigenvalue weighted by molar-refractivity contribution is 6.33. The molecule has 4 aromatic rings. The van der Waals surface area contributed by atoms with Crippen LogP contribution in [0.25, 0.3) is 11.3 Å². The molecule has 184 valence electrons. The minimum absolute atomic E-state index is 0.247. The Morgan fingerprint density at radius 1 is 0.973 bits per heavy atom. The molecule has 0 saturated carbocycles. The standard InChI is InChI=1S/C28H22ClN5O3/c1-31-25-21(26(30)34-27(35)19-8-2-3-9-20(19)28(34)36)15-17(24-22(29)10-6-13-33-24)16-23(25)37-14-11-18-7-4-5-12-32-18/h2-10,12-13,15-16,30-31H,11,14H2,1H3/p+1. The largest absolute Gasteiger partial charge is 0.487 e. The third-order valence-electron chi connectivity index (χ3n) is 6.08. The second-order valence-electron chi connectivity index (χ2n) is 8.32. The van der Waals surface area contributed by atoms with Gasteiger partial charge < -0.3 is 10.1 Å². The van der Waals surface area contributed by atoms with Gasteiger partial charge in [0.2, 0.25) is 0 Å². The Morgan fingerprint density at radius 3 is 2.32 bits per heavy atom. The summed E-state index contributed by atoms with van der Waals surface area (Å²) in [6.07, 6.45) is 3.92. The molecule has 0 atom stereocenters. The Morgan fingerprint density at radius 2 is 1.68 bits per heavy atom. The van der Waals surface area contributed by atoms with E-state index in [2.05, 4.69) is 9.97 Å². The van der Waals surface area contributed by atoms with Crippen molar-refractivity contribution < 1.29 is 19.6 Å². The number of fused-ring (bicyclic) bond motifs is 1. The summed E-state index contributed by atoms with van der Waals surface area (Å²) in [6.45, 7) is 0.330. The van der Waals surface area contributed by atoms with Crippen LogP contribution in [0.2, 0.25) is 5.02 Å². The molecule has 0 bridgehead atoms. The lowest BCUT2D eigenvalue weighted by molar-refractivity contribution is -0.540. The number of ether oxygens (including phenoxy) is 1. The first-order valence-corrected chi connectivity index (χ1v) is 12.0. The second-order valence-corrected chi connectivity index (χ2v) is 8.72.